The van der Waals surface area contributed by atoms with E-state index >= 15 is 0 Å². The fourth-order valence-corrected chi connectivity index (χ4v) is 2.79. The Labute approximate surface area is 107 Å². The highest BCUT2D eigenvalue weighted by molar-refractivity contribution is 9.11. The molecule has 0 unspecified atom stereocenters. The average molecular weight is 326 g/mol. The van der Waals surface area contributed by atoms with Crippen LogP contribution in [0.3, 0.4) is 0 Å². The minimum atomic E-state index is 1.10. The fourth-order valence-electron chi connectivity index (χ4n) is 1.56. The van der Waals surface area contributed by atoms with Gasteiger partial charge in [0, 0.05) is 8.95 Å². The van der Waals surface area contributed by atoms with Gasteiger partial charge in [-0.1, -0.05) is 62.2 Å². The summed E-state index contributed by atoms with van der Waals surface area (Å²) >= 11 is 7.08. The second kappa shape index (κ2) is 4.50. The quantitative estimate of drug-likeness (QED) is 0.677. The predicted molar refractivity (Wildman–Crippen MR) is 72.0 cm³/mol. The lowest BCUT2D eigenvalue weighted by Crippen LogP contribution is -1.85. The molecule has 0 saturated carbocycles. The van der Waals surface area contributed by atoms with Crippen LogP contribution in [0, 0.1) is 6.92 Å². The maximum atomic E-state index is 3.56. The first-order valence-electron chi connectivity index (χ1n) is 4.69. The van der Waals surface area contributed by atoms with Gasteiger partial charge in [0.1, 0.15) is 0 Å². The summed E-state index contributed by atoms with van der Waals surface area (Å²) in [6.07, 6.45) is 0. The van der Waals surface area contributed by atoms with Gasteiger partial charge >= 0.3 is 0 Å². The molecule has 0 spiro atoms. The standard InChI is InChI=1S/C13H10Br2/c1-9-12(7-11(14)8-13(9)15)10-5-3-2-4-6-10/h2-8H,1H3. The molecule has 0 bridgehead atoms. The Kier molecular flexibility index (Phi) is 3.27. The van der Waals surface area contributed by atoms with Crippen LogP contribution in [0.15, 0.2) is 51.4 Å². The SMILES string of the molecule is Cc1c(Br)cc(Br)cc1-c1ccccc1. The van der Waals surface area contributed by atoms with E-state index < -0.39 is 0 Å². The first-order valence-corrected chi connectivity index (χ1v) is 6.28. The van der Waals surface area contributed by atoms with E-state index in [1.165, 1.54) is 16.7 Å². The van der Waals surface area contributed by atoms with Crippen LogP contribution >= 0.6 is 31.9 Å². The van der Waals surface area contributed by atoms with Gasteiger partial charge in [0.25, 0.3) is 0 Å². The van der Waals surface area contributed by atoms with Gasteiger partial charge in [-0.3, -0.25) is 0 Å². The van der Waals surface area contributed by atoms with Crippen molar-refractivity contribution in [2.75, 3.05) is 0 Å². The molecule has 2 aromatic carbocycles. The van der Waals surface area contributed by atoms with Crippen LogP contribution in [0.5, 0.6) is 0 Å². The van der Waals surface area contributed by atoms with Gasteiger partial charge in [-0.25, -0.2) is 0 Å². The summed E-state index contributed by atoms with van der Waals surface area (Å²) in [4.78, 5) is 0. The maximum absolute atomic E-state index is 3.56. The Hall–Kier alpha value is -0.600. The van der Waals surface area contributed by atoms with E-state index in [-0.39, 0.29) is 0 Å². The van der Waals surface area contributed by atoms with Crippen LogP contribution < -0.4 is 0 Å². The molecular weight excluding hydrogens is 316 g/mol. The molecule has 2 aromatic rings. The second-order valence-corrected chi connectivity index (χ2v) is 5.20. The molecule has 0 aliphatic carbocycles. The third-order valence-electron chi connectivity index (χ3n) is 2.39. The smallest absolute Gasteiger partial charge is 0.0221 e. The molecule has 15 heavy (non-hydrogen) atoms. The van der Waals surface area contributed by atoms with Crippen molar-refractivity contribution in [3.05, 3.63) is 57.0 Å². The minimum Gasteiger partial charge on any atom is -0.0622 e. The number of halogens is 2. The average Bonchev–Trinajstić information content (AvgIpc) is 2.24. The van der Waals surface area contributed by atoms with E-state index in [1.807, 2.05) is 6.07 Å². The summed E-state index contributed by atoms with van der Waals surface area (Å²) < 4.78 is 2.23. The van der Waals surface area contributed by atoms with E-state index in [9.17, 15) is 0 Å². The largest absolute Gasteiger partial charge is 0.0622 e. The molecule has 2 rings (SSSR count). The van der Waals surface area contributed by atoms with Crippen molar-refractivity contribution in [2.24, 2.45) is 0 Å². The van der Waals surface area contributed by atoms with Crippen molar-refractivity contribution < 1.29 is 0 Å². The van der Waals surface area contributed by atoms with Crippen molar-refractivity contribution in [1.29, 1.82) is 0 Å². The normalized spacial score (nSPS) is 10.3. The van der Waals surface area contributed by atoms with Crippen molar-refractivity contribution >= 4 is 31.9 Å². The Bertz CT molecular complexity index is 475. The Balaban J connectivity index is 2.63. The third-order valence-corrected chi connectivity index (χ3v) is 3.68. The van der Waals surface area contributed by atoms with E-state index in [2.05, 4.69) is 75.2 Å². The van der Waals surface area contributed by atoms with Crippen LogP contribution in [0.25, 0.3) is 11.1 Å². The monoisotopic (exact) mass is 324 g/mol. The molecule has 0 N–H and O–H groups in total. The van der Waals surface area contributed by atoms with E-state index in [1.54, 1.807) is 0 Å². The molecule has 0 aromatic heterocycles. The van der Waals surface area contributed by atoms with Crippen LogP contribution in [-0.2, 0) is 0 Å². The predicted octanol–water partition coefficient (Wildman–Crippen LogP) is 5.19. The highest BCUT2D eigenvalue weighted by atomic mass is 79.9. The maximum Gasteiger partial charge on any atom is 0.0221 e. The molecule has 2 heteroatoms. The molecule has 0 aliphatic rings. The number of benzene rings is 2. The first kappa shape index (κ1) is 10.9. The lowest BCUT2D eigenvalue weighted by Gasteiger charge is -2.08. The van der Waals surface area contributed by atoms with Gasteiger partial charge in [-0.15, -0.1) is 0 Å². The minimum absolute atomic E-state index is 1.10. The topological polar surface area (TPSA) is 0 Å². The van der Waals surface area contributed by atoms with E-state index in [0.717, 1.165) is 8.95 Å². The Morgan fingerprint density at radius 2 is 1.60 bits per heavy atom. The molecule has 0 radical (unpaired) electrons. The van der Waals surface area contributed by atoms with Gasteiger partial charge in [0.15, 0.2) is 0 Å². The van der Waals surface area contributed by atoms with E-state index in [0.29, 0.717) is 0 Å². The molecule has 0 fully saturated rings. The Morgan fingerprint density at radius 1 is 0.933 bits per heavy atom. The molecule has 0 atom stereocenters. The van der Waals surface area contributed by atoms with Gasteiger partial charge < -0.3 is 0 Å². The lowest BCUT2D eigenvalue weighted by atomic mass is 10.0. The third kappa shape index (κ3) is 2.32. The number of hydrogen-bond donors (Lipinski definition) is 0. The molecule has 0 aliphatic heterocycles. The molecule has 0 heterocycles. The van der Waals surface area contributed by atoms with Crippen molar-refractivity contribution in [1.82, 2.24) is 0 Å². The van der Waals surface area contributed by atoms with Crippen LogP contribution in [0.2, 0.25) is 0 Å². The molecule has 0 nitrogen and oxygen atoms in total. The zero-order chi connectivity index (χ0) is 10.8. The second-order valence-electron chi connectivity index (χ2n) is 3.43. The lowest BCUT2D eigenvalue weighted by molar-refractivity contribution is 1.41. The van der Waals surface area contributed by atoms with Crippen LogP contribution in [0.4, 0.5) is 0 Å². The summed E-state index contributed by atoms with van der Waals surface area (Å²) in [7, 11) is 0. The summed E-state index contributed by atoms with van der Waals surface area (Å²) in [5.41, 5.74) is 3.78. The zero-order valence-corrected chi connectivity index (χ0v) is 11.5. The summed E-state index contributed by atoms with van der Waals surface area (Å²) in [6, 6.07) is 14.6. The van der Waals surface area contributed by atoms with Crippen molar-refractivity contribution in [2.45, 2.75) is 6.92 Å². The highest BCUT2D eigenvalue weighted by Crippen LogP contribution is 2.32. The zero-order valence-electron chi connectivity index (χ0n) is 8.30. The fraction of sp³-hybridized carbons (Fsp3) is 0.0769. The van der Waals surface area contributed by atoms with Gasteiger partial charge in [-0.05, 0) is 35.7 Å². The Morgan fingerprint density at radius 3 is 2.27 bits per heavy atom. The highest BCUT2D eigenvalue weighted by Gasteiger charge is 2.05. The van der Waals surface area contributed by atoms with Crippen LogP contribution in [-0.4, -0.2) is 0 Å². The molecule has 0 amide bonds. The van der Waals surface area contributed by atoms with Gasteiger partial charge in [0.05, 0.1) is 0 Å². The first-order chi connectivity index (χ1) is 7.18. The van der Waals surface area contributed by atoms with Crippen molar-refractivity contribution in [3.63, 3.8) is 0 Å². The van der Waals surface area contributed by atoms with Crippen molar-refractivity contribution in [3.8, 4) is 11.1 Å². The van der Waals surface area contributed by atoms with E-state index in [4.69, 9.17) is 0 Å². The van der Waals surface area contributed by atoms with Gasteiger partial charge in [-0.2, -0.15) is 0 Å². The summed E-state index contributed by atoms with van der Waals surface area (Å²) in [5, 5.41) is 0. The number of rotatable bonds is 1. The summed E-state index contributed by atoms with van der Waals surface area (Å²) in [5.74, 6) is 0. The molecular formula is C13H10Br2. The molecule has 0 saturated heterocycles. The summed E-state index contributed by atoms with van der Waals surface area (Å²) in [6.45, 7) is 2.12. The van der Waals surface area contributed by atoms with Crippen LogP contribution in [0.1, 0.15) is 5.56 Å². The number of hydrogen-bond acceptors (Lipinski definition) is 0. The van der Waals surface area contributed by atoms with Gasteiger partial charge in [0.2, 0.25) is 0 Å². The molecule has 76 valence electrons.